The van der Waals surface area contributed by atoms with Crippen LogP contribution < -0.4 is 4.74 Å². The number of alkyl halides is 1. The molecule has 0 spiro atoms. The smallest absolute Gasteiger partial charge is 0.149 e. The van der Waals surface area contributed by atoms with Crippen molar-refractivity contribution in [1.82, 2.24) is 0 Å². The van der Waals surface area contributed by atoms with Crippen LogP contribution in [0.4, 0.5) is 0 Å². The Labute approximate surface area is 90.2 Å². The SMILES string of the molecule is COc1ccc(Br)cc1[C@@H](Cl)C#N. The Balaban J connectivity index is 3.17. The first kappa shape index (κ1) is 10.4. The van der Waals surface area contributed by atoms with E-state index >= 15 is 0 Å². The lowest BCUT2D eigenvalue weighted by molar-refractivity contribution is 0.410. The molecule has 4 heteroatoms. The fourth-order valence-electron chi connectivity index (χ4n) is 0.973. The molecule has 1 rings (SSSR count). The van der Waals surface area contributed by atoms with Crippen molar-refractivity contribution in [1.29, 1.82) is 5.26 Å². The molecule has 0 aliphatic carbocycles. The van der Waals surface area contributed by atoms with Gasteiger partial charge in [0.05, 0.1) is 13.2 Å². The first-order valence-corrected chi connectivity index (χ1v) is 4.79. The van der Waals surface area contributed by atoms with Crippen LogP contribution in [0, 0.1) is 11.3 Å². The summed E-state index contributed by atoms with van der Waals surface area (Å²) in [4.78, 5) is 0. The molecule has 0 heterocycles. The van der Waals surface area contributed by atoms with Crippen LogP contribution in [-0.4, -0.2) is 7.11 Å². The van der Waals surface area contributed by atoms with Gasteiger partial charge in [0.1, 0.15) is 11.1 Å². The van der Waals surface area contributed by atoms with Crippen molar-refractivity contribution in [3.8, 4) is 11.8 Å². The van der Waals surface area contributed by atoms with Crippen LogP contribution in [0.2, 0.25) is 0 Å². The maximum Gasteiger partial charge on any atom is 0.149 e. The molecule has 0 aliphatic rings. The quantitative estimate of drug-likeness (QED) is 0.765. The second-order valence-electron chi connectivity index (χ2n) is 2.38. The number of benzene rings is 1. The van der Waals surface area contributed by atoms with E-state index in [9.17, 15) is 0 Å². The highest BCUT2D eigenvalue weighted by molar-refractivity contribution is 9.10. The minimum absolute atomic E-state index is 0.629. The molecular weight excluding hydrogens is 253 g/mol. The van der Waals surface area contributed by atoms with E-state index in [1.807, 2.05) is 12.1 Å². The summed E-state index contributed by atoms with van der Waals surface area (Å²) >= 11 is 9.08. The van der Waals surface area contributed by atoms with Crippen LogP contribution in [0.5, 0.6) is 5.75 Å². The summed E-state index contributed by atoms with van der Waals surface area (Å²) in [5.41, 5.74) is 0.682. The van der Waals surface area contributed by atoms with E-state index < -0.39 is 5.38 Å². The highest BCUT2D eigenvalue weighted by atomic mass is 79.9. The predicted molar refractivity (Wildman–Crippen MR) is 54.9 cm³/mol. The van der Waals surface area contributed by atoms with E-state index in [0.29, 0.717) is 11.3 Å². The first-order chi connectivity index (χ1) is 6.19. The Morgan fingerprint density at radius 3 is 2.85 bits per heavy atom. The maximum absolute atomic E-state index is 8.65. The maximum atomic E-state index is 8.65. The molecule has 2 nitrogen and oxygen atoms in total. The molecule has 1 atom stereocenters. The topological polar surface area (TPSA) is 33.0 Å². The number of nitriles is 1. The molecule has 0 unspecified atom stereocenters. The third-order valence-electron chi connectivity index (χ3n) is 1.58. The minimum Gasteiger partial charge on any atom is -0.496 e. The number of hydrogen-bond acceptors (Lipinski definition) is 2. The van der Waals surface area contributed by atoms with Gasteiger partial charge < -0.3 is 4.74 Å². The number of nitrogens with zero attached hydrogens (tertiary/aromatic N) is 1. The van der Waals surface area contributed by atoms with E-state index in [0.717, 1.165) is 4.47 Å². The van der Waals surface area contributed by atoms with Gasteiger partial charge in [0.2, 0.25) is 0 Å². The number of methoxy groups -OCH3 is 1. The molecule has 0 radical (unpaired) electrons. The molecule has 0 N–H and O–H groups in total. The van der Waals surface area contributed by atoms with E-state index in [2.05, 4.69) is 15.9 Å². The minimum atomic E-state index is -0.674. The molecule has 1 aromatic rings. The molecule has 0 saturated carbocycles. The first-order valence-electron chi connectivity index (χ1n) is 3.56. The Hall–Kier alpha value is -0.720. The van der Waals surface area contributed by atoms with Crippen molar-refractivity contribution in [3.05, 3.63) is 28.2 Å². The highest BCUT2D eigenvalue weighted by Gasteiger charge is 2.12. The van der Waals surface area contributed by atoms with E-state index in [1.165, 1.54) is 0 Å². The Bertz CT molecular complexity index is 348. The normalized spacial score (nSPS) is 11.8. The fourth-order valence-corrected chi connectivity index (χ4v) is 1.52. The molecule has 0 aromatic heterocycles. The van der Waals surface area contributed by atoms with Crippen LogP contribution in [-0.2, 0) is 0 Å². The van der Waals surface area contributed by atoms with Crippen molar-refractivity contribution in [2.24, 2.45) is 0 Å². The van der Waals surface area contributed by atoms with Gasteiger partial charge in [0.25, 0.3) is 0 Å². The molecule has 0 aliphatic heterocycles. The Kier molecular flexibility index (Phi) is 3.58. The Morgan fingerprint density at radius 2 is 2.31 bits per heavy atom. The van der Waals surface area contributed by atoms with E-state index in [-0.39, 0.29) is 0 Å². The summed E-state index contributed by atoms with van der Waals surface area (Å²) < 4.78 is 5.95. The van der Waals surface area contributed by atoms with Gasteiger partial charge in [-0.15, -0.1) is 11.6 Å². The van der Waals surface area contributed by atoms with Gasteiger partial charge in [-0.05, 0) is 18.2 Å². The number of hydrogen-bond donors (Lipinski definition) is 0. The lowest BCUT2D eigenvalue weighted by Crippen LogP contribution is -1.93. The van der Waals surface area contributed by atoms with Crippen LogP contribution in [0.3, 0.4) is 0 Å². The fraction of sp³-hybridized carbons (Fsp3) is 0.222. The monoisotopic (exact) mass is 259 g/mol. The zero-order chi connectivity index (χ0) is 9.84. The van der Waals surface area contributed by atoms with Gasteiger partial charge in [-0.1, -0.05) is 15.9 Å². The summed E-state index contributed by atoms with van der Waals surface area (Å²) in [5.74, 6) is 0.629. The van der Waals surface area contributed by atoms with Gasteiger partial charge >= 0.3 is 0 Å². The summed E-state index contributed by atoms with van der Waals surface area (Å²) in [6.07, 6.45) is 0. The zero-order valence-corrected chi connectivity index (χ0v) is 9.26. The summed E-state index contributed by atoms with van der Waals surface area (Å²) in [6, 6.07) is 7.33. The molecular formula is C9H7BrClNO. The standard InChI is InChI=1S/C9H7BrClNO/c1-13-9-3-2-6(10)4-7(9)8(11)5-12/h2-4,8H,1H3/t8-/m0/s1. The second kappa shape index (κ2) is 4.50. The van der Waals surface area contributed by atoms with Crippen molar-refractivity contribution < 1.29 is 4.74 Å². The van der Waals surface area contributed by atoms with Crippen LogP contribution in [0.1, 0.15) is 10.9 Å². The molecule has 68 valence electrons. The predicted octanol–water partition coefficient (Wildman–Crippen LogP) is 3.26. The molecule has 0 fully saturated rings. The average molecular weight is 261 g/mol. The van der Waals surface area contributed by atoms with Crippen LogP contribution >= 0.6 is 27.5 Å². The summed E-state index contributed by atoms with van der Waals surface area (Å²) in [5, 5.41) is 7.97. The second-order valence-corrected chi connectivity index (χ2v) is 3.73. The van der Waals surface area contributed by atoms with Gasteiger partial charge in [0, 0.05) is 10.0 Å². The van der Waals surface area contributed by atoms with Crippen molar-refractivity contribution in [2.45, 2.75) is 5.38 Å². The van der Waals surface area contributed by atoms with Gasteiger partial charge in [-0.3, -0.25) is 0 Å². The molecule has 13 heavy (non-hydrogen) atoms. The lowest BCUT2D eigenvalue weighted by Gasteiger charge is -2.08. The lowest BCUT2D eigenvalue weighted by atomic mass is 10.1. The summed E-state index contributed by atoms with van der Waals surface area (Å²) in [7, 11) is 1.55. The number of ether oxygens (including phenoxy) is 1. The van der Waals surface area contributed by atoms with Gasteiger partial charge in [0.15, 0.2) is 0 Å². The molecule has 1 aromatic carbocycles. The number of rotatable bonds is 2. The average Bonchev–Trinajstić information content (AvgIpc) is 2.16. The molecule has 0 amide bonds. The molecule has 0 saturated heterocycles. The molecule has 0 bridgehead atoms. The third-order valence-corrected chi connectivity index (χ3v) is 2.40. The summed E-state index contributed by atoms with van der Waals surface area (Å²) in [6.45, 7) is 0. The third kappa shape index (κ3) is 2.36. The largest absolute Gasteiger partial charge is 0.496 e. The van der Waals surface area contributed by atoms with Gasteiger partial charge in [-0.25, -0.2) is 0 Å². The Morgan fingerprint density at radius 1 is 1.62 bits per heavy atom. The van der Waals surface area contributed by atoms with Crippen molar-refractivity contribution in [2.75, 3.05) is 7.11 Å². The van der Waals surface area contributed by atoms with Gasteiger partial charge in [-0.2, -0.15) is 5.26 Å². The van der Waals surface area contributed by atoms with E-state index in [1.54, 1.807) is 19.2 Å². The van der Waals surface area contributed by atoms with Crippen LogP contribution in [0.25, 0.3) is 0 Å². The zero-order valence-electron chi connectivity index (χ0n) is 6.92. The number of halogens is 2. The highest BCUT2D eigenvalue weighted by Crippen LogP contribution is 2.31. The van der Waals surface area contributed by atoms with Crippen molar-refractivity contribution >= 4 is 27.5 Å². The van der Waals surface area contributed by atoms with Crippen molar-refractivity contribution in [3.63, 3.8) is 0 Å². The van der Waals surface area contributed by atoms with E-state index in [4.69, 9.17) is 21.6 Å². The van der Waals surface area contributed by atoms with Crippen LogP contribution in [0.15, 0.2) is 22.7 Å².